The molecule has 0 bridgehead atoms. The molecule has 0 unspecified atom stereocenters. The smallest absolute Gasteiger partial charge is 0.328 e. The first kappa shape index (κ1) is 12.6. The van der Waals surface area contributed by atoms with Crippen LogP contribution in [-0.4, -0.2) is 34.7 Å². The van der Waals surface area contributed by atoms with Gasteiger partial charge in [0.2, 0.25) is 5.91 Å². The van der Waals surface area contributed by atoms with Crippen molar-refractivity contribution in [1.29, 1.82) is 0 Å². The lowest BCUT2D eigenvalue weighted by atomic mass is 10.3. The molecule has 3 N–H and O–H groups in total. The molecule has 0 aromatic heterocycles. The van der Waals surface area contributed by atoms with Gasteiger partial charge >= 0.3 is 5.97 Å². The minimum absolute atomic E-state index is 0.500. The summed E-state index contributed by atoms with van der Waals surface area (Å²) in [6.07, 6.45) is 4.62. The molecule has 14 heavy (non-hydrogen) atoms. The number of unbranched alkanes of at least 4 members (excludes halogenated alkanes) is 1. The second kappa shape index (κ2) is 7.08. The molecule has 0 aromatic rings. The molecule has 0 spiro atoms. The minimum atomic E-state index is -1.25. The minimum Gasteiger partial charge on any atom is -0.480 e. The zero-order chi connectivity index (χ0) is 11.0. The standard InChI is InChI=1S/C9H15NO4/c1-2-3-4-5-8(12)10-7(6-11)9(13)14/h4-5,7,11H,2-3,6H2,1H3,(H,10,12)(H,13,14)/t7-/m0/s1. The van der Waals surface area contributed by atoms with Crippen LogP contribution >= 0.6 is 0 Å². The van der Waals surface area contributed by atoms with Crippen molar-refractivity contribution in [3.63, 3.8) is 0 Å². The summed E-state index contributed by atoms with van der Waals surface area (Å²) in [6.45, 7) is 1.36. The Labute approximate surface area is 82.4 Å². The van der Waals surface area contributed by atoms with Crippen LogP contribution in [0, 0.1) is 0 Å². The van der Waals surface area contributed by atoms with Crippen molar-refractivity contribution in [2.75, 3.05) is 6.61 Å². The molecule has 1 amide bonds. The number of aliphatic hydroxyl groups is 1. The largest absolute Gasteiger partial charge is 0.480 e. The summed E-state index contributed by atoms with van der Waals surface area (Å²) in [4.78, 5) is 21.4. The van der Waals surface area contributed by atoms with Gasteiger partial charge < -0.3 is 15.5 Å². The third kappa shape index (κ3) is 5.31. The van der Waals surface area contributed by atoms with E-state index in [4.69, 9.17) is 10.2 Å². The van der Waals surface area contributed by atoms with Crippen molar-refractivity contribution in [3.8, 4) is 0 Å². The molecular weight excluding hydrogens is 186 g/mol. The fourth-order valence-corrected chi connectivity index (χ4v) is 0.762. The maximum absolute atomic E-state index is 11.0. The Morgan fingerprint density at radius 1 is 1.50 bits per heavy atom. The van der Waals surface area contributed by atoms with Crippen molar-refractivity contribution >= 4 is 11.9 Å². The molecule has 5 nitrogen and oxygen atoms in total. The van der Waals surface area contributed by atoms with Gasteiger partial charge in [-0.05, 0) is 12.5 Å². The van der Waals surface area contributed by atoms with Gasteiger partial charge in [-0.25, -0.2) is 4.79 Å². The summed E-state index contributed by atoms with van der Waals surface area (Å²) < 4.78 is 0. The third-order valence-corrected chi connectivity index (χ3v) is 1.52. The van der Waals surface area contributed by atoms with E-state index in [2.05, 4.69) is 5.32 Å². The van der Waals surface area contributed by atoms with Gasteiger partial charge in [-0.2, -0.15) is 0 Å². The molecule has 0 saturated carbocycles. The topological polar surface area (TPSA) is 86.6 Å². The Hall–Kier alpha value is -1.36. The zero-order valence-corrected chi connectivity index (χ0v) is 8.06. The van der Waals surface area contributed by atoms with E-state index < -0.39 is 24.5 Å². The zero-order valence-electron chi connectivity index (χ0n) is 8.06. The second-order valence-electron chi connectivity index (χ2n) is 2.77. The number of carboxylic acid groups (broad SMARTS) is 1. The fourth-order valence-electron chi connectivity index (χ4n) is 0.762. The lowest BCUT2D eigenvalue weighted by molar-refractivity contribution is -0.142. The van der Waals surface area contributed by atoms with Gasteiger partial charge in [-0.3, -0.25) is 4.79 Å². The molecule has 0 aliphatic heterocycles. The van der Waals surface area contributed by atoms with Crippen LogP contribution in [0.1, 0.15) is 19.8 Å². The number of aliphatic hydroxyl groups excluding tert-OH is 1. The average Bonchev–Trinajstić information content (AvgIpc) is 2.14. The van der Waals surface area contributed by atoms with Crippen LogP contribution in [0.3, 0.4) is 0 Å². The lowest BCUT2D eigenvalue weighted by Gasteiger charge is -2.08. The van der Waals surface area contributed by atoms with Gasteiger partial charge in [0, 0.05) is 0 Å². The van der Waals surface area contributed by atoms with Crippen molar-refractivity contribution in [1.82, 2.24) is 5.32 Å². The molecule has 0 fully saturated rings. The maximum atomic E-state index is 11.0. The predicted octanol–water partition coefficient (Wildman–Crippen LogP) is -0.0956. The Bertz CT molecular complexity index is 225. The van der Waals surface area contributed by atoms with Crippen LogP contribution in [0.4, 0.5) is 0 Å². The van der Waals surface area contributed by atoms with Crippen LogP contribution < -0.4 is 5.32 Å². The molecule has 0 aromatic carbocycles. The SMILES string of the molecule is CCCC=CC(=O)N[C@@H](CO)C(=O)O. The Kier molecular flexibility index (Phi) is 6.39. The fraction of sp³-hybridized carbons (Fsp3) is 0.556. The molecule has 0 saturated heterocycles. The first-order valence-electron chi connectivity index (χ1n) is 4.42. The summed E-state index contributed by atoms with van der Waals surface area (Å²) in [5.41, 5.74) is 0. The van der Waals surface area contributed by atoms with E-state index in [9.17, 15) is 9.59 Å². The summed E-state index contributed by atoms with van der Waals surface area (Å²) >= 11 is 0. The Morgan fingerprint density at radius 3 is 2.57 bits per heavy atom. The maximum Gasteiger partial charge on any atom is 0.328 e. The first-order valence-corrected chi connectivity index (χ1v) is 4.42. The van der Waals surface area contributed by atoms with Crippen molar-refractivity contribution < 1.29 is 19.8 Å². The predicted molar refractivity (Wildman–Crippen MR) is 50.7 cm³/mol. The number of hydrogen-bond acceptors (Lipinski definition) is 3. The monoisotopic (exact) mass is 201 g/mol. The van der Waals surface area contributed by atoms with E-state index in [1.165, 1.54) is 6.08 Å². The number of rotatable bonds is 6. The quantitative estimate of drug-likeness (QED) is 0.524. The number of hydrogen-bond donors (Lipinski definition) is 3. The highest BCUT2D eigenvalue weighted by Crippen LogP contribution is 1.89. The molecule has 0 aliphatic rings. The first-order chi connectivity index (χ1) is 6.61. The Balaban J connectivity index is 3.97. The van der Waals surface area contributed by atoms with E-state index in [1.54, 1.807) is 6.08 Å². The van der Waals surface area contributed by atoms with Gasteiger partial charge in [0.15, 0.2) is 6.04 Å². The summed E-state index contributed by atoms with van der Waals surface area (Å²) in [7, 11) is 0. The van der Waals surface area contributed by atoms with E-state index >= 15 is 0 Å². The number of carbonyl (C=O) groups is 2. The third-order valence-electron chi connectivity index (χ3n) is 1.52. The normalized spacial score (nSPS) is 12.7. The van der Waals surface area contributed by atoms with Crippen molar-refractivity contribution in [2.24, 2.45) is 0 Å². The van der Waals surface area contributed by atoms with Crippen LogP contribution in [0.15, 0.2) is 12.2 Å². The molecule has 1 atom stereocenters. The van der Waals surface area contributed by atoms with E-state index in [1.807, 2.05) is 6.92 Å². The molecule has 0 aliphatic carbocycles. The molecular formula is C9H15NO4. The van der Waals surface area contributed by atoms with Gasteiger partial charge in [-0.15, -0.1) is 0 Å². The summed E-state index contributed by atoms with van der Waals surface area (Å²) in [5.74, 6) is -1.75. The second-order valence-corrected chi connectivity index (χ2v) is 2.77. The average molecular weight is 201 g/mol. The van der Waals surface area contributed by atoms with Crippen LogP contribution in [0.25, 0.3) is 0 Å². The highest BCUT2D eigenvalue weighted by molar-refractivity contribution is 5.91. The number of nitrogens with one attached hydrogen (secondary N) is 1. The highest BCUT2D eigenvalue weighted by atomic mass is 16.4. The van der Waals surface area contributed by atoms with Gasteiger partial charge in [0.1, 0.15) is 0 Å². The number of carbonyl (C=O) groups excluding carboxylic acids is 1. The molecule has 0 rings (SSSR count). The van der Waals surface area contributed by atoms with Crippen molar-refractivity contribution in [2.45, 2.75) is 25.8 Å². The van der Waals surface area contributed by atoms with Gasteiger partial charge in [0.25, 0.3) is 0 Å². The Morgan fingerprint density at radius 2 is 2.14 bits per heavy atom. The van der Waals surface area contributed by atoms with E-state index in [-0.39, 0.29) is 0 Å². The number of aliphatic carboxylic acids is 1. The van der Waals surface area contributed by atoms with Gasteiger partial charge in [0.05, 0.1) is 6.61 Å². The van der Waals surface area contributed by atoms with E-state index in [0.29, 0.717) is 0 Å². The van der Waals surface area contributed by atoms with Crippen molar-refractivity contribution in [3.05, 3.63) is 12.2 Å². The molecule has 5 heteroatoms. The number of allylic oxidation sites excluding steroid dienone is 1. The number of carboxylic acids is 1. The highest BCUT2D eigenvalue weighted by Gasteiger charge is 2.16. The molecule has 0 heterocycles. The lowest BCUT2D eigenvalue weighted by Crippen LogP contribution is -2.42. The van der Waals surface area contributed by atoms with Gasteiger partial charge in [-0.1, -0.05) is 19.4 Å². The van der Waals surface area contributed by atoms with Crippen LogP contribution in [-0.2, 0) is 9.59 Å². The number of amides is 1. The summed E-state index contributed by atoms with van der Waals surface area (Å²) in [6, 6.07) is -1.23. The molecule has 80 valence electrons. The van der Waals surface area contributed by atoms with Crippen LogP contribution in [0.2, 0.25) is 0 Å². The molecule has 0 radical (unpaired) electrons. The summed E-state index contributed by atoms with van der Waals surface area (Å²) in [5, 5.41) is 19.2. The van der Waals surface area contributed by atoms with Crippen LogP contribution in [0.5, 0.6) is 0 Å². The van der Waals surface area contributed by atoms with E-state index in [0.717, 1.165) is 12.8 Å².